The van der Waals surface area contributed by atoms with Gasteiger partial charge in [0.2, 0.25) is 0 Å². The van der Waals surface area contributed by atoms with Crippen molar-refractivity contribution in [1.29, 1.82) is 0 Å². The first kappa shape index (κ1) is 14.3. The van der Waals surface area contributed by atoms with E-state index < -0.39 is 0 Å². The molecule has 0 bridgehead atoms. The minimum absolute atomic E-state index is 0.408. The van der Waals surface area contributed by atoms with Crippen LogP contribution >= 0.6 is 11.6 Å². The van der Waals surface area contributed by atoms with Crippen LogP contribution in [0.2, 0.25) is 5.02 Å². The Hall–Kier alpha value is -1.15. The molecular formula is C16H23ClN2. The largest absolute Gasteiger partial charge is 0.305 e. The zero-order valence-corrected chi connectivity index (χ0v) is 12.7. The van der Waals surface area contributed by atoms with E-state index in [1.165, 1.54) is 12.1 Å². The Balaban J connectivity index is 1.85. The summed E-state index contributed by atoms with van der Waals surface area (Å²) in [7, 11) is 0. The van der Waals surface area contributed by atoms with Gasteiger partial charge < -0.3 is 10.9 Å². The molecule has 0 radical (unpaired) electrons. The monoisotopic (exact) mass is 278 g/mol. The smallest absolute Gasteiger partial charge is 0.0540 e. The molecule has 104 valence electrons. The Morgan fingerprint density at radius 2 is 1.79 bits per heavy atom. The Morgan fingerprint density at radius 3 is 2.32 bits per heavy atom. The highest BCUT2D eigenvalue weighted by molar-refractivity contribution is 6.30. The third-order valence-corrected chi connectivity index (χ3v) is 4.10. The van der Waals surface area contributed by atoms with Crippen LogP contribution < -0.4 is 10.9 Å². The van der Waals surface area contributed by atoms with Crippen LogP contribution in [-0.2, 0) is 0 Å². The van der Waals surface area contributed by atoms with E-state index in [1.807, 2.05) is 24.3 Å². The Labute approximate surface area is 121 Å². The number of rotatable bonds is 3. The van der Waals surface area contributed by atoms with Crippen molar-refractivity contribution in [2.24, 2.45) is 11.3 Å². The number of nitrogens with one attached hydrogen (secondary N) is 2. The number of hydrogen-bond donors (Lipinski definition) is 2. The number of halogens is 1. The van der Waals surface area contributed by atoms with Gasteiger partial charge >= 0.3 is 0 Å². The lowest BCUT2D eigenvalue weighted by Gasteiger charge is -2.33. The molecule has 2 N–H and O–H groups in total. The molecule has 2 nitrogen and oxygen atoms in total. The van der Waals surface area contributed by atoms with Crippen molar-refractivity contribution in [3.63, 3.8) is 0 Å². The zero-order valence-electron chi connectivity index (χ0n) is 12.0. The summed E-state index contributed by atoms with van der Waals surface area (Å²) in [6.45, 7) is 6.99. The summed E-state index contributed by atoms with van der Waals surface area (Å²) in [5.41, 5.74) is 9.24. The summed E-state index contributed by atoms with van der Waals surface area (Å²) in [4.78, 5) is 0. The van der Waals surface area contributed by atoms with E-state index in [0.29, 0.717) is 5.41 Å². The molecule has 0 aliphatic heterocycles. The van der Waals surface area contributed by atoms with Gasteiger partial charge in [0, 0.05) is 10.7 Å². The molecule has 0 amide bonds. The normalized spacial score (nSPS) is 19.8. The van der Waals surface area contributed by atoms with Crippen LogP contribution in [0.25, 0.3) is 0 Å². The Kier molecular flexibility index (Phi) is 4.41. The highest BCUT2D eigenvalue weighted by Crippen LogP contribution is 2.36. The lowest BCUT2D eigenvalue weighted by Crippen LogP contribution is -2.27. The first-order valence-corrected chi connectivity index (χ1v) is 7.29. The van der Waals surface area contributed by atoms with E-state index in [-0.39, 0.29) is 0 Å². The van der Waals surface area contributed by atoms with Gasteiger partial charge in [-0.15, -0.1) is 0 Å². The Bertz CT molecular complexity index is 443. The van der Waals surface area contributed by atoms with Gasteiger partial charge in [-0.2, -0.15) is 0 Å². The molecule has 0 unspecified atom stereocenters. The lowest BCUT2D eigenvalue weighted by molar-refractivity contribution is 0.219. The molecule has 19 heavy (non-hydrogen) atoms. The number of hydrogen-bond acceptors (Lipinski definition) is 2. The van der Waals surface area contributed by atoms with Gasteiger partial charge in [-0.25, -0.2) is 0 Å². The van der Waals surface area contributed by atoms with Gasteiger partial charge in [0.15, 0.2) is 0 Å². The van der Waals surface area contributed by atoms with Crippen molar-refractivity contribution < 1.29 is 0 Å². The minimum Gasteiger partial charge on any atom is -0.305 e. The third kappa shape index (κ3) is 4.17. The second-order valence-corrected chi connectivity index (χ2v) is 6.76. The molecule has 0 saturated heterocycles. The van der Waals surface area contributed by atoms with Crippen molar-refractivity contribution in [3.05, 3.63) is 41.1 Å². The average Bonchev–Trinajstić information content (AvgIpc) is 2.37. The summed E-state index contributed by atoms with van der Waals surface area (Å²) in [6.07, 6.45) is 5.85. The second-order valence-electron chi connectivity index (χ2n) is 6.32. The summed E-state index contributed by atoms with van der Waals surface area (Å²) in [5.74, 6) is 0.786. The van der Waals surface area contributed by atoms with Crippen LogP contribution in [0.15, 0.2) is 36.0 Å². The van der Waals surface area contributed by atoms with Gasteiger partial charge in [-0.3, -0.25) is 0 Å². The predicted molar refractivity (Wildman–Crippen MR) is 83.1 cm³/mol. The second kappa shape index (κ2) is 5.87. The van der Waals surface area contributed by atoms with Crippen LogP contribution in [0.3, 0.4) is 0 Å². The number of benzene rings is 1. The molecule has 1 aliphatic carbocycles. The first-order valence-electron chi connectivity index (χ1n) is 6.92. The summed E-state index contributed by atoms with van der Waals surface area (Å²) < 4.78 is 0. The number of anilines is 1. The molecule has 0 spiro atoms. The van der Waals surface area contributed by atoms with Gasteiger partial charge in [-0.1, -0.05) is 38.4 Å². The molecule has 0 fully saturated rings. The fourth-order valence-electron chi connectivity index (χ4n) is 2.42. The van der Waals surface area contributed by atoms with Crippen molar-refractivity contribution in [1.82, 2.24) is 5.43 Å². The predicted octanol–water partition coefficient (Wildman–Crippen LogP) is 4.99. The maximum Gasteiger partial charge on any atom is 0.0540 e. The van der Waals surface area contributed by atoms with Gasteiger partial charge in [0.1, 0.15) is 0 Å². The molecule has 0 aromatic heterocycles. The van der Waals surface area contributed by atoms with Gasteiger partial charge in [-0.05, 0) is 54.9 Å². The first-order chi connectivity index (χ1) is 8.95. The standard InChI is InChI=1S/C16H23ClN2/c1-16(2,3)12-4-8-14(9-5-12)18-19-15-10-6-13(17)7-11-15/h6-8,10-12,18-19H,4-5,9H2,1-3H3/t12-/m1/s1. The van der Waals surface area contributed by atoms with Gasteiger partial charge in [0.25, 0.3) is 0 Å². The molecular weight excluding hydrogens is 256 g/mol. The molecule has 1 atom stereocenters. The van der Waals surface area contributed by atoms with Crippen LogP contribution in [0.4, 0.5) is 5.69 Å². The van der Waals surface area contributed by atoms with E-state index >= 15 is 0 Å². The summed E-state index contributed by atoms with van der Waals surface area (Å²) >= 11 is 5.86. The van der Waals surface area contributed by atoms with E-state index in [9.17, 15) is 0 Å². The van der Waals surface area contributed by atoms with Crippen LogP contribution in [0.1, 0.15) is 40.0 Å². The zero-order chi connectivity index (χ0) is 13.9. The van der Waals surface area contributed by atoms with E-state index in [0.717, 1.165) is 29.5 Å². The maximum atomic E-state index is 5.86. The minimum atomic E-state index is 0.408. The summed E-state index contributed by atoms with van der Waals surface area (Å²) in [6, 6.07) is 7.71. The topological polar surface area (TPSA) is 24.1 Å². The molecule has 1 aliphatic rings. The van der Waals surface area contributed by atoms with E-state index in [4.69, 9.17) is 11.6 Å². The van der Waals surface area contributed by atoms with Crippen LogP contribution in [0.5, 0.6) is 0 Å². The number of hydrazine groups is 1. The Morgan fingerprint density at radius 1 is 1.11 bits per heavy atom. The fourth-order valence-corrected chi connectivity index (χ4v) is 2.55. The molecule has 0 heterocycles. The van der Waals surface area contributed by atoms with Gasteiger partial charge in [0.05, 0.1) is 5.69 Å². The molecule has 0 saturated carbocycles. The van der Waals surface area contributed by atoms with Crippen molar-refractivity contribution in [2.45, 2.75) is 40.0 Å². The van der Waals surface area contributed by atoms with Crippen LogP contribution in [0, 0.1) is 11.3 Å². The van der Waals surface area contributed by atoms with Crippen LogP contribution in [-0.4, -0.2) is 0 Å². The molecule has 2 rings (SSSR count). The fraction of sp³-hybridized carbons (Fsp3) is 0.500. The molecule has 3 heteroatoms. The van der Waals surface area contributed by atoms with Crippen molar-refractivity contribution in [2.75, 3.05) is 5.43 Å². The van der Waals surface area contributed by atoms with Crippen molar-refractivity contribution >= 4 is 17.3 Å². The van der Waals surface area contributed by atoms with Crippen molar-refractivity contribution in [3.8, 4) is 0 Å². The quantitative estimate of drug-likeness (QED) is 0.762. The maximum absolute atomic E-state index is 5.86. The highest BCUT2D eigenvalue weighted by Gasteiger charge is 2.26. The average molecular weight is 279 g/mol. The molecule has 1 aromatic carbocycles. The third-order valence-electron chi connectivity index (χ3n) is 3.85. The SMILES string of the molecule is CC(C)(C)[C@@H]1CC=C(NNc2ccc(Cl)cc2)CC1. The van der Waals surface area contributed by atoms with E-state index in [2.05, 4.69) is 37.7 Å². The van der Waals surface area contributed by atoms with E-state index in [1.54, 1.807) is 0 Å². The summed E-state index contributed by atoms with van der Waals surface area (Å²) in [5, 5.41) is 0.760. The highest BCUT2D eigenvalue weighted by atomic mass is 35.5. The molecule has 1 aromatic rings. The lowest BCUT2D eigenvalue weighted by atomic mass is 9.74. The number of allylic oxidation sites excluding steroid dienone is 2.